The summed E-state index contributed by atoms with van der Waals surface area (Å²) in [6.45, 7) is 6.37. The Hall–Kier alpha value is -2.90. The first-order valence-corrected chi connectivity index (χ1v) is 8.83. The predicted molar refractivity (Wildman–Crippen MR) is 102 cm³/mol. The van der Waals surface area contributed by atoms with Gasteiger partial charge in [0, 0.05) is 13.1 Å². The average Bonchev–Trinajstić information content (AvgIpc) is 2.62. The normalized spacial score (nSPS) is 12.3. The van der Waals surface area contributed by atoms with Gasteiger partial charge in [0.25, 0.3) is 0 Å². The number of ether oxygens (including phenoxy) is 2. The van der Waals surface area contributed by atoms with Gasteiger partial charge in [-0.3, -0.25) is 10.2 Å². The van der Waals surface area contributed by atoms with Crippen LogP contribution in [-0.2, 0) is 23.9 Å². The lowest BCUT2D eigenvalue weighted by molar-refractivity contribution is -0.168. The van der Waals surface area contributed by atoms with Crippen LogP contribution < -0.4 is 10.7 Å². The fourth-order valence-corrected chi connectivity index (χ4v) is 2.50. The van der Waals surface area contributed by atoms with Gasteiger partial charge in [0.15, 0.2) is 0 Å². The SMILES string of the molecule is CCOC(=O)C(CC(C)C=NNc1ccccc1)(NC(C)=O)C(=O)OCC. The van der Waals surface area contributed by atoms with Crippen LogP contribution in [0, 0.1) is 5.92 Å². The first kappa shape index (κ1) is 22.1. The molecule has 0 saturated heterocycles. The average molecular weight is 377 g/mol. The van der Waals surface area contributed by atoms with Gasteiger partial charge >= 0.3 is 11.9 Å². The second-order valence-electron chi connectivity index (χ2n) is 5.96. The molecule has 1 aromatic carbocycles. The molecule has 0 saturated carbocycles. The molecule has 148 valence electrons. The smallest absolute Gasteiger partial charge is 0.343 e. The molecule has 1 atom stereocenters. The van der Waals surface area contributed by atoms with E-state index in [9.17, 15) is 14.4 Å². The number of nitrogens with zero attached hydrogens (tertiary/aromatic N) is 1. The second-order valence-corrected chi connectivity index (χ2v) is 5.96. The van der Waals surface area contributed by atoms with E-state index in [0.29, 0.717) is 0 Å². The van der Waals surface area contributed by atoms with Gasteiger partial charge in [-0.15, -0.1) is 0 Å². The molecule has 27 heavy (non-hydrogen) atoms. The van der Waals surface area contributed by atoms with Crippen LogP contribution in [0.1, 0.15) is 34.1 Å². The molecular formula is C19H27N3O5. The molecule has 8 nitrogen and oxygen atoms in total. The highest BCUT2D eigenvalue weighted by molar-refractivity contribution is 6.08. The maximum absolute atomic E-state index is 12.5. The van der Waals surface area contributed by atoms with Crippen molar-refractivity contribution in [1.29, 1.82) is 0 Å². The number of hydrogen-bond acceptors (Lipinski definition) is 7. The Labute approximate surface area is 159 Å². The molecule has 0 aliphatic rings. The molecule has 0 aliphatic heterocycles. The van der Waals surface area contributed by atoms with E-state index in [2.05, 4.69) is 15.8 Å². The fraction of sp³-hybridized carbons (Fsp3) is 0.474. The topological polar surface area (TPSA) is 106 Å². The van der Waals surface area contributed by atoms with Crippen molar-refractivity contribution >= 4 is 29.7 Å². The third-order valence-electron chi connectivity index (χ3n) is 3.56. The molecule has 0 spiro atoms. The third-order valence-corrected chi connectivity index (χ3v) is 3.56. The molecule has 2 N–H and O–H groups in total. The van der Waals surface area contributed by atoms with Crippen LogP contribution in [0.5, 0.6) is 0 Å². The second kappa shape index (κ2) is 10.9. The van der Waals surface area contributed by atoms with Crippen molar-refractivity contribution in [3.05, 3.63) is 30.3 Å². The lowest BCUT2D eigenvalue weighted by Gasteiger charge is -2.31. The summed E-state index contributed by atoms with van der Waals surface area (Å²) in [5.41, 5.74) is 1.74. The van der Waals surface area contributed by atoms with Crippen molar-refractivity contribution in [2.45, 2.75) is 39.7 Å². The zero-order valence-corrected chi connectivity index (χ0v) is 16.2. The van der Waals surface area contributed by atoms with Crippen molar-refractivity contribution in [2.75, 3.05) is 18.6 Å². The largest absolute Gasteiger partial charge is 0.464 e. The molecule has 1 rings (SSSR count). The standard InChI is InChI=1S/C19H27N3O5/c1-5-26-17(24)19(21-15(4)23,18(25)27-6-2)12-14(3)13-20-22-16-10-8-7-9-11-16/h7-11,13-14,22H,5-6,12H2,1-4H3,(H,21,23). The number of esters is 2. The van der Waals surface area contributed by atoms with Crippen molar-refractivity contribution in [3.8, 4) is 0 Å². The third kappa shape index (κ3) is 6.73. The molecule has 0 heterocycles. The highest BCUT2D eigenvalue weighted by atomic mass is 16.6. The highest BCUT2D eigenvalue weighted by Gasteiger charge is 2.50. The van der Waals surface area contributed by atoms with Crippen LogP contribution in [-0.4, -0.2) is 42.8 Å². The van der Waals surface area contributed by atoms with E-state index in [-0.39, 0.29) is 25.6 Å². The first-order valence-electron chi connectivity index (χ1n) is 8.83. The Morgan fingerprint density at radius 1 is 1.11 bits per heavy atom. The number of nitrogens with one attached hydrogen (secondary N) is 2. The first-order chi connectivity index (χ1) is 12.9. The van der Waals surface area contributed by atoms with E-state index in [1.807, 2.05) is 30.3 Å². The molecule has 1 amide bonds. The van der Waals surface area contributed by atoms with Crippen LogP contribution in [0.25, 0.3) is 0 Å². The molecule has 0 fully saturated rings. The van der Waals surface area contributed by atoms with Crippen LogP contribution in [0.4, 0.5) is 5.69 Å². The van der Waals surface area contributed by atoms with E-state index < -0.39 is 23.4 Å². The molecule has 8 heteroatoms. The summed E-state index contributed by atoms with van der Waals surface area (Å²) in [4.78, 5) is 36.8. The van der Waals surface area contributed by atoms with E-state index in [4.69, 9.17) is 9.47 Å². The summed E-state index contributed by atoms with van der Waals surface area (Å²) in [6.07, 6.45) is 1.51. The summed E-state index contributed by atoms with van der Waals surface area (Å²) < 4.78 is 10.1. The van der Waals surface area contributed by atoms with Gasteiger partial charge in [-0.25, -0.2) is 9.59 Å². The van der Waals surface area contributed by atoms with Crippen molar-refractivity contribution in [2.24, 2.45) is 11.0 Å². The monoisotopic (exact) mass is 377 g/mol. The van der Waals surface area contributed by atoms with Gasteiger partial charge < -0.3 is 14.8 Å². The van der Waals surface area contributed by atoms with E-state index in [1.54, 1.807) is 27.0 Å². The lowest BCUT2D eigenvalue weighted by atomic mass is 9.88. The van der Waals surface area contributed by atoms with Crippen LogP contribution in [0.2, 0.25) is 0 Å². The Morgan fingerprint density at radius 3 is 2.15 bits per heavy atom. The predicted octanol–water partition coefficient (Wildman–Crippen LogP) is 2.11. The summed E-state index contributed by atoms with van der Waals surface area (Å²) in [5, 5.41) is 6.56. The van der Waals surface area contributed by atoms with Crippen LogP contribution in [0.3, 0.4) is 0 Å². The number of hydrazone groups is 1. The maximum Gasteiger partial charge on any atom is 0.343 e. The van der Waals surface area contributed by atoms with Gasteiger partial charge in [0.05, 0.1) is 18.9 Å². The maximum atomic E-state index is 12.5. The Bertz CT molecular complexity index is 643. The van der Waals surface area contributed by atoms with E-state index in [1.165, 1.54) is 6.92 Å². The number of carbonyl (C=O) groups is 3. The number of benzene rings is 1. The molecule has 0 bridgehead atoms. The Morgan fingerprint density at radius 2 is 1.67 bits per heavy atom. The Kier molecular flexibility index (Phi) is 8.98. The molecule has 1 unspecified atom stereocenters. The molecule has 0 radical (unpaired) electrons. The number of hydrogen-bond donors (Lipinski definition) is 2. The van der Waals surface area contributed by atoms with Crippen molar-refractivity contribution in [1.82, 2.24) is 5.32 Å². The number of para-hydroxylation sites is 1. The van der Waals surface area contributed by atoms with Gasteiger partial charge in [-0.2, -0.15) is 5.10 Å². The number of rotatable bonds is 10. The number of anilines is 1. The van der Waals surface area contributed by atoms with E-state index >= 15 is 0 Å². The minimum absolute atomic E-state index is 0.0514. The zero-order chi connectivity index (χ0) is 20.3. The summed E-state index contributed by atoms with van der Waals surface area (Å²) in [5.74, 6) is -2.59. The van der Waals surface area contributed by atoms with Gasteiger partial charge in [0.2, 0.25) is 11.4 Å². The van der Waals surface area contributed by atoms with Gasteiger partial charge in [-0.1, -0.05) is 25.1 Å². The van der Waals surface area contributed by atoms with Crippen LogP contribution in [0.15, 0.2) is 35.4 Å². The highest BCUT2D eigenvalue weighted by Crippen LogP contribution is 2.21. The lowest BCUT2D eigenvalue weighted by Crippen LogP contribution is -2.62. The molecule has 1 aromatic rings. The summed E-state index contributed by atoms with van der Waals surface area (Å²) in [7, 11) is 0. The summed E-state index contributed by atoms with van der Waals surface area (Å²) >= 11 is 0. The minimum Gasteiger partial charge on any atom is -0.464 e. The minimum atomic E-state index is -1.92. The van der Waals surface area contributed by atoms with Gasteiger partial charge in [0.1, 0.15) is 0 Å². The van der Waals surface area contributed by atoms with Crippen molar-refractivity contribution < 1.29 is 23.9 Å². The fourth-order valence-electron chi connectivity index (χ4n) is 2.50. The quantitative estimate of drug-likeness (QED) is 0.280. The van der Waals surface area contributed by atoms with Gasteiger partial charge in [-0.05, 0) is 38.3 Å². The molecule has 0 aromatic heterocycles. The molecule has 0 aliphatic carbocycles. The van der Waals surface area contributed by atoms with Crippen LogP contribution >= 0.6 is 0 Å². The van der Waals surface area contributed by atoms with E-state index in [0.717, 1.165) is 5.69 Å². The Balaban J connectivity index is 3.00. The van der Waals surface area contributed by atoms with Crippen molar-refractivity contribution in [3.63, 3.8) is 0 Å². The molecular weight excluding hydrogens is 350 g/mol. The number of carbonyl (C=O) groups excluding carboxylic acids is 3. The summed E-state index contributed by atoms with van der Waals surface area (Å²) in [6, 6.07) is 9.31. The number of amides is 1. The zero-order valence-electron chi connectivity index (χ0n) is 16.2.